The van der Waals surface area contributed by atoms with Crippen LogP contribution in [0, 0.1) is 0 Å². The van der Waals surface area contributed by atoms with Crippen LogP contribution in [-0.4, -0.2) is 5.91 Å². The molecule has 0 aromatic carbocycles. The Labute approximate surface area is 60.3 Å². The van der Waals surface area contributed by atoms with E-state index in [4.69, 9.17) is 0 Å². The van der Waals surface area contributed by atoms with Gasteiger partial charge >= 0.3 is 11.4 Å². The van der Waals surface area contributed by atoms with E-state index in [0.29, 0.717) is 6.42 Å². The van der Waals surface area contributed by atoms with Gasteiger partial charge in [0.15, 0.2) is 0 Å². The predicted octanol–water partition coefficient (Wildman–Crippen LogP) is 1.08. The molecule has 0 aromatic rings. The molecule has 1 amide bonds. The number of nitrogens with zero attached hydrogens (tertiary/aromatic N) is 1. The molecule has 0 rings (SSSR count). The van der Waals surface area contributed by atoms with Gasteiger partial charge in [-0.1, -0.05) is 13.3 Å². The van der Waals surface area contributed by atoms with Crippen molar-refractivity contribution < 1.29 is 9.08 Å². The van der Waals surface area contributed by atoms with Gasteiger partial charge < -0.3 is 0 Å². The zero-order valence-corrected chi connectivity index (χ0v) is 6.23. The topological polar surface area (TPSA) is 40.4 Å². The van der Waals surface area contributed by atoms with Crippen LogP contribution >= 0.6 is 12.9 Å². The van der Waals surface area contributed by atoms with Gasteiger partial charge in [0.05, 0.1) is 19.3 Å². The first-order chi connectivity index (χ1) is 4.31. The molecule has 2 radical (unpaired) electrons. The van der Waals surface area contributed by atoms with E-state index < -0.39 is 0 Å². The lowest BCUT2D eigenvalue weighted by molar-refractivity contribution is -0.127. The normalized spacial score (nSPS) is 9.56. The Hall–Kier alpha value is -0.0600. The summed E-state index contributed by atoms with van der Waals surface area (Å²) in [4.78, 5) is 10.5. The average molecular weight is 148 g/mol. The Kier molecular flexibility index (Phi) is 6.03. The van der Waals surface area contributed by atoms with E-state index in [1.54, 1.807) is 0 Å². The van der Waals surface area contributed by atoms with Crippen LogP contribution in [0.2, 0.25) is 0 Å². The van der Waals surface area contributed by atoms with E-state index in [1.165, 1.54) is 0 Å². The summed E-state index contributed by atoms with van der Waals surface area (Å²) in [6.45, 7) is 2.01. The highest BCUT2D eigenvalue weighted by Gasteiger charge is 2.18. The summed E-state index contributed by atoms with van der Waals surface area (Å²) >= 11 is 3.29. The summed E-state index contributed by atoms with van der Waals surface area (Å²) in [6.07, 6.45) is 2.31. The molecule has 0 bridgehead atoms. The van der Waals surface area contributed by atoms with E-state index >= 15 is 0 Å². The standard InChI is InChI=1S/C5H10NO2S/c1-2-3-4-5(7)6-8-9/h9H,2-4H2,1H3/q+1. The van der Waals surface area contributed by atoms with Crippen LogP contribution in [0.5, 0.6) is 0 Å². The van der Waals surface area contributed by atoms with Crippen LogP contribution in [-0.2, 0) is 9.08 Å². The van der Waals surface area contributed by atoms with Crippen molar-refractivity contribution in [1.29, 1.82) is 0 Å². The molecule has 0 fully saturated rings. The highest BCUT2D eigenvalue weighted by atomic mass is 32.1. The molecule has 3 nitrogen and oxygen atoms in total. The smallest absolute Gasteiger partial charge is 0.213 e. The van der Waals surface area contributed by atoms with Gasteiger partial charge in [-0.05, 0) is 10.7 Å². The molecule has 0 unspecified atom stereocenters. The molecule has 0 spiro atoms. The van der Waals surface area contributed by atoms with Gasteiger partial charge in [-0.2, -0.15) is 0 Å². The number of thiol groups is 1. The second-order valence-electron chi connectivity index (χ2n) is 1.67. The minimum atomic E-state index is -0.244. The Morgan fingerprint density at radius 1 is 1.78 bits per heavy atom. The molecule has 0 N–H and O–H groups in total. The Morgan fingerprint density at radius 2 is 2.44 bits per heavy atom. The highest BCUT2D eigenvalue weighted by molar-refractivity contribution is 7.75. The summed E-state index contributed by atoms with van der Waals surface area (Å²) in [5.41, 5.74) is 3.09. The molecular weight excluding hydrogens is 138 g/mol. The van der Waals surface area contributed by atoms with Crippen LogP contribution in [0.25, 0.3) is 0 Å². The van der Waals surface area contributed by atoms with Crippen molar-refractivity contribution in [2.24, 2.45) is 0 Å². The first-order valence-electron chi connectivity index (χ1n) is 2.85. The molecule has 0 aliphatic carbocycles. The van der Waals surface area contributed by atoms with Gasteiger partial charge in [-0.15, -0.1) is 0 Å². The molecule has 9 heavy (non-hydrogen) atoms. The predicted molar refractivity (Wildman–Crippen MR) is 36.7 cm³/mol. The van der Waals surface area contributed by atoms with Crippen molar-refractivity contribution in [2.75, 3.05) is 0 Å². The van der Waals surface area contributed by atoms with Crippen molar-refractivity contribution in [3.8, 4) is 0 Å². The number of carbonyl (C=O) groups is 1. The van der Waals surface area contributed by atoms with Crippen LogP contribution in [0.3, 0.4) is 0 Å². The van der Waals surface area contributed by atoms with Gasteiger partial charge in [0.25, 0.3) is 0 Å². The maximum Gasteiger partial charge on any atom is 0.472 e. The van der Waals surface area contributed by atoms with Crippen LogP contribution in [0.15, 0.2) is 0 Å². The van der Waals surface area contributed by atoms with Crippen molar-refractivity contribution in [3.05, 3.63) is 0 Å². The minimum Gasteiger partial charge on any atom is -0.213 e. The number of amides is 1. The van der Waals surface area contributed by atoms with Gasteiger partial charge in [0.2, 0.25) is 0 Å². The molecule has 0 aliphatic heterocycles. The maximum atomic E-state index is 10.5. The Morgan fingerprint density at radius 3 is 2.89 bits per heavy atom. The lowest BCUT2D eigenvalue weighted by atomic mass is 10.2. The SMILES string of the molecule is CCCCC(=O)[N+]OS. The largest absolute Gasteiger partial charge is 0.472 e. The summed E-state index contributed by atoms with van der Waals surface area (Å²) in [6, 6.07) is 0. The van der Waals surface area contributed by atoms with E-state index in [9.17, 15) is 4.79 Å². The van der Waals surface area contributed by atoms with Gasteiger partial charge in [-0.3, -0.25) is 0 Å². The molecule has 0 saturated heterocycles. The summed E-state index contributed by atoms with van der Waals surface area (Å²) < 4.78 is 3.97. The van der Waals surface area contributed by atoms with Crippen molar-refractivity contribution in [3.63, 3.8) is 0 Å². The Balaban J connectivity index is 3.06. The maximum absolute atomic E-state index is 10.5. The number of carbonyl (C=O) groups excluding carboxylic acids is 1. The van der Waals surface area contributed by atoms with Crippen LogP contribution in [0.1, 0.15) is 26.2 Å². The van der Waals surface area contributed by atoms with Crippen LogP contribution < -0.4 is 5.48 Å². The molecule has 0 saturated carbocycles. The monoisotopic (exact) mass is 148 g/mol. The minimum absolute atomic E-state index is 0.244. The molecule has 0 atom stereocenters. The molecular formula is C5H10NO2S+. The Bertz CT molecular complexity index is 87.0. The quantitative estimate of drug-likeness (QED) is 0.368. The number of hydroxylamine groups is 1. The molecule has 0 aliphatic rings. The lowest BCUT2D eigenvalue weighted by Gasteiger charge is -1.81. The first kappa shape index (κ1) is 8.94. The van der Waals surface area contributed by atoms with Crippen LogP contribution in [0.4, 0.5) is 0 Å². The fourth-order valence-electron chi connectivity index (χ4n) is 0.419. The van der Waals surface area contributed by atoms with E-state index in [0.717, 1.165) is 12.8 Å². The number of rotatable bonds is 4. The number of hydrogen-bond acceptors (Lipinski definition) is 3. The molecule has 0 heterocycles. The first-order valence-corrected chi connectivity index (χ1v) is 3.22. The van der Waals surface area contributed by atoms with E-state index in [-0.39, 0.29) is 5.91 Å². The summed E-state index contributed by atoms with van der Waals surface area (Å²) in [5, 5.41) is 0. The van der Waals surface area contributed by atoms with E-state index in [1.807, 2.05) is 6.92 Å². The fraction of sp³-hybridized carbons (Fsp3) is 0.800. The molecule has 0 aromatic heterocycles. The van der Waals surface area contributed by atoms with Crippen molar-refractivity contribution in [2.45, 2.75) is 26.2 Å². The third-order valence-electron chi connectivity index (χ3n) is 0.887. The second kappa shape index (κ2) is 6.07. The summed E-state index contributed by atoms with van der Waals surface area (Å²) in [5.74, 6) is -0.244. The number of unbranched alkanes of at least 4 members (excludes halogenated alkanes) is 1. The van der Waals surface area contributed by atoms with Gasteiger partial charge in [-0.25, -0.2) is 4.79 Å². The van der Waals surface area contributed by atoms with Gasteiger partial charge in [0.1, 0.15) is 0 Å². The van der Waals surface area contributed by atoms with E-state index in [2.05, 4.69) is 22.7 Å². The highest BCUT2D eigenvalue weighted by Crippen LogP contribution is 1.93. The van der Waals surface area contributed by atoms with Crippen molar-refractivity contribution in [1.82, 2.24) is 5.48 Å². The van der Waals surface area contributed by atoms with Crippen molar-refractivity contribution >= 4 is 18.8 Å². The number of hydrogen-bond donors (Lipinski definition) is 1. The zero-order valence-electron chi connectivity index (χ0n) is 5.33. The van der Waals surface area contributed by atoms with Gasteiger partial charge in [0, 0.05) is 0 Å². The zero-order chi connectivity index (χ0) is 7.11. The lowest BCUT2D eigenvalue weighted by Crippen LogP contribution is -2.11. The third kappa shape index (κ3) is 5.82. The second-order valence-corrected chi connectivity index (χ2v) is 1.83. The molecule has 52 valence electrons. The fourth-order valence-corrected chi connectivity index (χ4v) is 0.510. The average Bonchev–Trinajstić information content (AvgIpc) is 1.85. The third-order valence-corrected chi connectivity index (χ3v) is 0.968. The summed E-state index contributed by atoms with van der Waals surface area (Å²) in [7, 11) is 0. The molecule has 4 heteroatoms.